The molecule has 3 aromatic carbocycles. The number of nitriles is 1. The quantitative estimate of drug-likeness (QED) is 0.429. The lowest BCUT2D eigenvalue weighted by Crippen LogP contribution is -2.21. The van der Waals surface area contributed by atoms with E-state index in [0.717, 1.165) is 11.1 Å². The van der Waals surface area contributed by atoms with Gasteiger partial charge in [0.15, 0.2) is 0 Å². The number of fused-ring (bicyclic) bond motifs is 1. The van der Waals surface area contributed by atoms with Crippen LogP contribution in [0.4, 0.5) is 0 Å². The van der Waals surface area contributed by atoms with Crippen LogP contribution in [0.3, 0.4) is 0 Å². The molecule has 2 N–H and O–H groups in total. The van der Waals surface area contributed by atoms with E-state index in [-0.39, 0.29) is 11.6 Å². The smallest absolute Gasteiger partial charge is 0.347 e. The summed E-state index contributed by atoms with van der Waals surface area (Å²) < 4.78 is 16.8. The van der Waals surface area contributed by atoms with E-state index in [1.807, 2.05) is 19.1 Å². The Bertz CT molecular complexity index is 1250. The zero-order chi connectivity index (χ0) is 22.7. The second-order valence-electron chi connectivity index (χ2n) is 6.99. The summed E-state index contributed by atoms with van der Waals surface area (Å²) >= 11 is 6.02. The summed E-state index contributed by atoms with van der Waals surface area (Å²) in [5.41, 5.74) is 8.23. The zero-order valence-electron chi connectivity index (χ0n) is 17.2. The lowest BCUT2D eigenvalue weighted by Gasteiger charge is -2.26. The summed E-state index contributed by atoms with van der Waals surface area (Å²) in [6.07, 6.45) is 0. The molecule has 32 heavy (non-hydrogen) atoms. The van der Waals surface area contributed by atoms with Crippen molar-refractivity contribution >= 4 is 17.6 Å². The summed E-state index contributed by atoms with van der Waals surface area (Å²) in [7, 11) is 0. The van der Waals surface area contributed by atoms with Crippen LogP contribution in [-0.4, -0.2) is 12.6 Å². The van der Waals surface area contributed by atoms with Gasteiger partial charge in [-0.1, -0.05) is 41.9 Å². The van der Waals surface area contributed by atoms with Crippen LogP contribution in [0.25, 0.3) is 0 Å². The van der Waals surface area contributed by atoms with Crippen LogP contribution in [0.15, 0.2) is 78.2 Å². The highest BCUT2D eigenvalue weighted by molar-refractivity contribution is 6.30. The molecule has 4 rings (SSSR count). The van der Waals surface area contributed by atoms with Crippen LogP contribution >= 0.6 is 11.6 Å². The predicted octanol–water partition coefficient (Wildman–Crippen LogP) is 5.18. The highest BCUT2D eigenvalue weighted by Gasteiger charge is 2.31. The van der Waals surface area contributed by atoms with E-state index in [0.29, 0.717) is 34.3 Å². The molecule has 0 aromatic heterocycles. The fraction of sp³-hybridized carbons (Fsp3) is 0.120. The topological polar surface area (TPSA) is 94.6 Å². The van der Waals surface area contributed by atoms with E-state index >= 15 is 0 Å². The van der Waals surface area contributed by atoms with Crippen molar-refractivity contribution < 1.29 is 19.0 Å². The van der Waals surface area contributed by atoms with Crippen LogP contribution < -0.4 is 19.9 Å². The molecule has 1 atom stereocenters. The lowest BCUT2D eigenvalue weighted by molar-refractivity contribution is 0.0730. The van der Waals surface area contributed by atoms with Crippen molar-refractivity contribution in [3.8, 4) is 23.3 Å². The fourth-order valence-corrected chi connectivity index (χ4v) is 3.70. The normalized spacial score (nSPS) is 14.7. The summed E-state index contributed by atoms with van der Waals surface area (Å²) in [5, 5.41) is 10.3. The Morgan fingerprint density at radius 3 is 2.62 bits per heavy atom. The molecule has 6 nitrogen and oxygen atoms in total. The SMILES string of the molecule is CCOc1ccccc1C(=O)Oc1ccc2c(c1)OC(N)=C(C#N)C2c1ccc(Cl)cc1. The van der Waals surface area contributed by atoms with Gasteiger partial charge in [-0.05, 0) is 42.8 Å². The Hall–Kier alpha value is -3.95. The number of carbonyl (C=O) groups is 1. The average molecular weight is 447 g/mol. The Morgan fingerprint density at radius 2 is 1.91 bits per heavy atom. The number of nitrogens with two attached hydrogens (primary N) is 1. The number of benzene rings is 3. The Kier molecular flexibility index (Phi) is 6.02. The number of allylic oxidation sites excluding steroid dienone is 1. The number of para-hydroxylation sites is 1. The monoisotopic (exact) mass is 446 g/mol. The predicted molar refractivity (Wildman–Crippen MR) is 120 cm³/mol. The Labute approximate surface area is 190 Å². The summed E-state index contributed by atoms with van der Waals surface area (Å²) in [6, 6.07) is 21.2. The molecule has 0 radical (unpaired) electrons. The third kappa shape index (κ3) is 4.11. The second kappa shape index (κ2) is 9.04. The molecule has 0 fully saturated rings. The van der Waals surface area contributed by atoms with Crippen LogP contribution in [0.1, 0.15) is 34.3 Å². The molecule has 1 unspecified atom stereocenters. The van der Waals surface area contributed by atoms with Crippen molar-refractivity contribution in [2.24, 2.45) is 5.73 Å². The summed E-state index contributed by atoms with van der Waals surface area (Å²) in [5.74, 6) is 0.158. The van der Waals surface area contributed by atoms with Crippen LogP contribution in [-0.2, 0) is 0 Å². The van der Waals surface area contributed by atoms with E-state index in [9.17, 15) is 10.1 Å². The molecule has 1 aliphatic rings. The van der Waals surface area contributed by atoms with Crippen LogP contribution in [0, 0.1) is 11.3 Å². The second-order valence-corrected chi connectivity index (χ2v) is 7.43. The van der Waals surface area contributed by atoms with E-state index in [1.165, 1.54) is 0 Å². The van der Waals surface area contributed by atoms with E-state index < -0.39 is 11.9 Å². The van der Waals surface area contributed by atoms with Gasteiger partial charge in [-0.15, -0.1) is 0 Å². The first-order chi connectivity index (χ1) is 15.5. The molecule has 0 bridgehead atoms. The largest absolute Gasteiger partial charge is 0.493 e. The Balaban J connectivity index is 1.67. The number of ether oxygens (including phenoxy) is 3. The number of halogens is 1. The highest BCUT2D eigenvalue weighted by Crippen LogP contribution is 2.43. The molecule has 0 amide bonds. The first-order valence-electron chi connectivity index (χ1n) is 9.92. The van der Waals surface area contributed by atoms with Gasteiger partial charge in [-0.3, -0.25) is 0 Å². The molecule has 7 heteroatoms. The number of hydrogen-bond donors (Lipinski definition) is 1. The van der Waals surface area contributed by atoms with Crippen molar-refractivity contribution in [3.63, 3.8) is 0 Å². The average Bonchev–Trinajstić information content (AvgIpc) is 2.79. The standard InChI is InChI=1S/C25H19ClN2O4/c1-2-30-21-6-4-3-5-19(21)25(29)31-17-11-12-18-22(13-17)32-24(28)20(14-27)23(18)15-7-9-16(26)10-8-15/h3-13,23H,2,28H2,1H3. The molecular formula is C25H19ClN2O4. The summed E-state index contributed by atoms with van der Waals surface area (Å²) in [4.78, 5) is 12.7. The first-order valence-corrected chi connectivity index (χ1v) is 10.3. The fourth-order valence-electron chi connectivity index (χ4n) is 3.58. The number of esters is 1. The molecule has 0 saturated carbocycles. The molecule has 1 heterocycles. The van der Waals surface area contributed by atoms with Gasteiger partial charge < -0.3 is 19.9 Å². The number of nitrogens with zero attached hydrogens (tertiary/aromatic N) is 1. The molecule has 1 aliphatic heterocycles. The van der Waals surface area contributed by atoms with E-state index in [1.54, 1.807) is 54.6 Å². The van der Waals surface area contributed by atoms with Gasteiger partial charge in [-0.25, -0.2) is 4.79 Å². The molecule has 0 spiro atoms. The third-order valence-electron chi connectivity index (χ3n) is 5.01. The van der Waals surface area contributed by atoms with Crippen LogP contribution in [0.2, 0.25) is 5.02 Å². The lowest BCUT2D eigenvalue weighted by atomic mass is 9.83. The maximum Gasteiger partial charge on any atom is 0.347 e. The first kappa shape index (κ1) is 21.3. The minimum atomic E-state index is -0.555. The van der Waals surface area contributed by atoms with Crippen molar-refractivity contribution in [1.29, 1.82) is 5.26 Å². The van der Waals surface area contributed by atoms with Gasteiger partial charge in [0.1, 0.15) is 34.5 Å². The molecular weight excluding hydrogens is 428 g/mol. The van der Waals surface area contributed by atoms with Gasteiger partial charge in [0.2, 0.25) is 5.88 Å². The van der Waals surface area contributed by atoms with Gasteiger partial charge in [0, 0.05) is 16.7 Å². The van der Waals surface area contributed by atoms with Gasteiger partial charge in [-0.2, -0.15) is 5.26 Å². The van der Waals surface area contributed by atoms with Gasteiger partial charge >= 0.3 is 5.97 Å². The maximum atomic E-state index is 12.7. The maximum absolute atomic E-state index is 12.7. The number of rotatable bonds is 5. The van der Waals surface area contributed by atoms with Crippen molar-refractivity contribution in [2.45, 2.75) is 12.8 Å². The number of carbonyl (C=O) groups excluding carboxylic acids is 1. The van der Waals surface area contributed by atoms with Crippen molar-refractivity contribution in [3.05, 3.63) is 99.9 Å². The minimum Gasteiger partial charge on any atom is -0.493 e. The van der Waals surface area contributed by atoms with Gasteiger partial charge in [0.05, 0.1) is 12.5 Å². The van der Waals surface area contributed by atoms with Gasteiger partial charge in [0.25, 0.3) is 0 Å². The molecule has 3 aromatic rings. The van der Waals surface area contributed by atoms with E-state index in [2.05, 4.69) is 6.07 Å². The third-order valence-corrected chi connectivity index (χ3v) is 5.26. The van der Waals surface area contributed by atoms with Crippen LogP contribution in [0.5, 0.6) is 17.2 Å². The molecule has 0 aliphatic carbocycles. The highest BCUT2D eigenvalue weighted by atomic mass is 35.5. The number of hydrogen-bond acceptors (Lipinski definition) is 6. The Morgan fingerprint density at radius 1 is 1.16 bits per heavy atom. The summed E-state index contributed by atoms with van der Waals surface area (Å²) in [6.45, 7) is 2.27. The zero-order valence-corrected chi connectivity index (χ0v) is 17.9. The minimum absolute atomic E-state index is 0.00474. The molecule has 160 valence electrons. The van der Waals surface area contributed by atoms with Crippen molar-refractivity contribution in [1.82, 2.24) is 0 Å². The van der Waals surface area contributed by atoms with E-state index in [4.69, 9.17) is 31.5 Å². The van der Waals surface area contributed by atoms with Crippen molar-refractivity contribution in [2.75, 3.05) is 6.61 Å². The molecule has 0 saturated heterocycles.